The number of hydrogen-bond acceptors (Lipinski definition) is 6. The molecular formula is C21H18Cl2N4O5S. The van der Waals surface area contributed by atoms with Gasteiger partial charge in [0.25, 0.3) is 5.91 Å². The monoisotopic (exact) mass is 508 g/mol. The van der Waals surface area contributed by atoms with Crippen LogP contribution >= 0.6 is 23.2 Å². The minimum atomic E-state index is -3.73. The number of aromatic nitrogens is 1. The summed E-state index contributed by atoms with van der Waals surface area (Å²) in [5.41, 5.74) is 1.54. The highest BCUT2D eigenvalue weighted by Crippen LogP contribution is 2.39. The van der Waals surface area contributed by atoms with Gasteiger partial charge in [0.05, 0.1) is 34.1 Å². The Kier molecular flexibility index (Phi) is 6.10. The average molecular weight is 509 g/mol. The van der Waals surface area contributed by atoms with Gasteiger partial charge in [0.1, 0.15) is 5.58 Å². The normalized spacial score (nSPS) is 11.8. The van der Waals surface area contributed by atoms with Gasteiger partial charge in [-0.3, -0.25) is 14.5 Å². The summed E-state index contributed by atoms with van der Waals surface area (Å²) >= 11 is 12.3. The number of benzene rings is 2. The maximum absolute atomic E-state index is 13.2. The largest absolute Gasteiger partial charge is 0.493 e. The van der Waals surface area contributed by atoms with Gasteiger partial charge in [-0.05, 0) is 30.3 Å². The molecular weight excluding hydrogens is 491 g/mol. The van der Waals surface area contributed by atoms with Crippen LogP contribution in [-0.4, -0.2) is 44.8 Å². The number of halogens is 2. The minimum Gasteiger partial charge on any atom is -0.493 e. The van der Waals surface area contributed by atoms with Gasteiger partial charge in [-0.15, -0.1) is 0 Å². The van der Waals surface area contributed by atoms with Gasteiger partial charge in [0, 0.05) is 37.3 Å². The Bertz CT molecular complexity index is 1480. The molecule has 0 spiro atoms. The molecule has 0 aliphatic heterocycles. The number of amides is 1. The van der Waals surface area contributed by atoms with Gasteiger partial charge < -0.3 is 14.5 Å². The zero-order valence-corrected chi connectivity index (χ0v) is 20.0. The van der Waals surface area contributed by atoms with Crippen LogP contribution in [0.4, 0.5) is 11.4 Å². The number of ether oxygens (including phenoxy) is 1. The number of methoxy groups -OCH3 is 1. The first-order chi connectivity index (χ1) is 15.6. The molecule has 0 aliphatic rings. The molecule has 12 heteroatoms. The molecule has 0 radical (unpaired) electrons. The van der Waals surface area contributed by atoms with Crippen molar-refractivity contribution in [2.75, 3.05) is 31.2 Å². The van der Waals surface area contributed by atoms with Crippen molar-refractivity contribution in [3.63, 3.8) is 0 Å². The molecule has 4 aromatic rings. The van der Waals surface area contributed by atoms with Crippen LogP contribution in [-0.2, 0) is 10.2 Å². The predicted molar refractivity (Wildman–Crippen MR) is 129 cm³/mol. The molecule has 0 aliphatic carbocycles. The van der Waals surface area contributed by atoms with Crippen LogP contribution < -0.4 is 14.8 Å². The molecule has 1 amide bonds. The summed E-state index contributed by atoms with van der Waals surface area (Å²) < 4.78 is 39.4. The smallest absolute Gasteiger partial charge is 0.301 e. The minimum absolute atomic E-state index is 0.179. The number of carbonyl (C=O) groups is 1. The fourth-order valence-corrected chi connectivity index (χ4v) is 4.29. The van der Waals surface area contributed by atoms with Crippen LogP contribution in [0.5, 0.6) is 5.75 Å². The molecule has 0 saturated heterocycles. The maximum atomic E-state index is 13.2. The standard InChI is InChI=1S/C21H18Cl2N4O5S/c1-27(2)33(29,30)26-11-4-6-16-13(8-11)18-12(5-7-17(31-3)20(18)32-16)21(28)25-19-14(22)9-24-10-15(19)23/h4-10,26H,1-3H3,(H,24,25,28). The number of furan rings is 1. The van der Waals surface area contributed by atoms with Gasteiger partial charge in [0.2, 0.25) is 0 Å². The van der Waals surface area contributed by atoms with Crippen molar-refractivity contribution in [2.45, 2.75) is 0 Å². The lowest BCUT2D eigenvalue weighted by atomic mass is 10.0. The number of anilines is 2. The Hall–Kier alpha value is -3.05. The molecule has 2 aromatic carbocycles. The highest BCUT2D eigenvalue weighted by molar-refractivity contribution is 7.90. The number of pyridine rings is 1. The Morgan fingerprint density at radius 3 is 2.45 bits per heavy atom. The topological polar surface area (TPSA) is 114 Å². The van der Waals surface area contributed by atoms with Crippen molar-refractivity contribution in [3.8, 4) is 5.75 Å². The van der Waals surface area contributed by atoms with Crippen molar-refractivity contribution in [1.82, 2.24) is 9.29 Å². The summed E-state index contributed by atoms with van der Waals surface area (Å²) in [4.78, 5) is 17.1. The molecule has 33 heavy (non-hydrogen) atoms. The maximum Gasteiger partial charge on any atom is 0.301 e. The van der Waals surface area contributed by atoms with E-state index in [1.54, 1.807) is 30.3 Å². The van der Waals surface area contributed by atoms with Gasteiger partial charge >= 0.3 is 10.2 Å². The summed E-state index contributed by atoms with van der Waals surface area (Å²) in [6.07, 6.45) is 2.73. The Balaban J connectivity index is 1.88. The van der Waals surface area contributed by atoms with Crippen molar-refractivity contribution >= 4 is 72.6 Å². The third-order valence-electron chi connectivity index (χ3n) is 4.87. The summed E-state index contributed by atoms with van der Waals surface area (Å²) in [5.74, 6) is -0.0900. The van der Waals surface area contributed by atoms with Gasteiger partial charge in [-0.2, -0.15) is 12.7 Å². The van der Waals surface area contributed by atoms with E-state index in [1.807, 2.05) is 0 Å². The first-order valence-corrected chi connectivity index (χ1v) is 11.7. The number of fused-ring (bicyclic) bond motifs is 3. The highest BCUT2D eigenvalue weighted by Gasteiger charge is 2.22. The molecule has 0 unspecified atom stereocenters. The zero-order valence-electron chi connectivity index (χ0n) is 17.6. The lowest BCUT2D eigenvalue weighted by Crippen LogP contribution is -2.28. The van der Waals surface area contributed by atoms with Crippen LogP contribution in [0.1, 0.15) is 10.4 Å². The van der Waals surface area contributed by atoms with Crippen LogP contribution in [0, 0.1) is 0 Å². The van der Waals surface area contributed by atoms with Crippen molar-refractivity contribution in [1.29, 1.82) is 0 Å². The molecule has 0 saturated carbocycles. The van der Waals surface area contributed by atoms with Gasteiger partial charge in [-0.1, -0.05) is 23.2 Å². The van der Waals surface area contributed by atoms with Crippen LogP contribution in [0.2, 0.25) is 10.0 Å². The van der Waals surface area contributed by atoms with Crippen molar-refractivity contribution in [2.24, 2.45) is 0 Å². The first kappa shape index (κ1) is 23.1. The summed E-state index contributed by atoms with van der Waals surface area (Å²) in [6.45, 7) is 0. The quantitative estimate of drug-likeness (QED) is 0.387. The number of nitrogens with one attached hydrogen (secondary N) is 2. The summed E-state index contributed by atoms with van der Waals surface area (Å²) in [7, 11) is 0.576. The van der Waals surface area contributed by atoms with E-state index in [0.29, 0.717) is 33.4 Å². The first-order valence-electron chi connectivity index (χ1n) is 9.46. The van der Waals surface area contributed by atoms with Gasteiger partial charge in [0.15, 0.2) is 11.3 Å². The number of nitrogens with zero attached hydrogens (tertiary/aromatic N) is 2. The van der Waals surface area contributed by atoms with Crippen molar-refractivity contribution in [3.05, 3.63) is 58.3 Å². The van der Waals surface area contributed by atoms with Crippen LogP contribution in [0.25, 0.3) is 21.9 Å². The van der Waals surface area contributed by atoms with Crippen LogP contribution in [0.3, 0.4) is 0 Å². The molecule has 2 heterocycles. The lowest BCUT2D eigenvalue weighted by Gasteiger charge is -2.13. The Morgan fingerprint density at radius 2 is 1.82 bits per heavy atom. The second kappa shape index (κ2) is 8.71. The van der Waals surface area contributed by atoms with E-state index < -0.39 is 16.1 Å². The van der Waals surface area contributed by atoms with E-state index in [2.05, 4.69) is 15.0 Å². The van der Waals surface area contributed by atoms with Crippen LogP contribution in [0.15, 0.2) is 47.1 Å². The van der Waals surface area contributed by atoms with E-state index in [1.165, 1.54) is 33.6 Å². The molecule has 172 valence electrons. The summed E-state index contributed by atoms with van der Waals surface area (Å²) in [5, 5.41) is 4.01. The molecule has 2 aromatic heterocycles. The fourth-order valence-electron chi connectivity index (χ4n) is 3.22. The number of rotatable bonds is 6. The molecule has 0 bridgehead atoms. The molecule has 0 fully saturated rings. The molecule has 4 rings (SSSR count). The van der Waals surface area contributed by atoms with E-state index in [9.17, 15) is 13.2 Å². The van der Waals surface area contributed by atoms with E-state index >= 15 is 0 Å². The molecule has 2 N–H and O–H groups in total. The number of carbonyl (C=O) groups excluding carboxylic acids is 1. The SMILES string of the molecule is COc1ccc(C(=O)Nc2c(Cl)cncc2Cl)c2c1oc1ccc(NS(=O)(=O)N(C)C)cc12. The average Bonchev–Trinajstić information content (AvgIpc) is 3.14. The van der Waals surface area contributed by atoms with E-state index in [4.69, 9.17) is 32.4 Å². The Morgan fingerprint density at radius 1 is 1.12 bits per heavy atom. The summed E-state index contributed by atoms with van der Waals surface area (Å²) in [6, 6.07) is 7.94. The second-order valence-electron chi connectivity index (χ2n) is 7.15. The fraction of sp³-hybridized carbons (Fsp3) is 0.143. The highest BCUT2D eigenvalue weighted by atomic mass is 35.5. The third kappa shape index (κ3) is 4.30. The Labute approximate surface area is 199 Å². The molecule has 9 nitrogen and oxygen atoms in total. The predicted octanol–water partition coefficient (Wildman–Crippen LogP) is 4.77. The molecule has 0 atom stereocenters. The van der Waals surface area contributed by atoms with Gasteiger partial charge in [-0.25, -0.2) is 0 Å². The second-order valence-corrected chi connectivity index (χ2v) is 9.85. The number of hydrogen-bond donors (Lipinski definition) is 2. The lowest BCUT2D eigenvalue weighted by molar-refractivity contribution is 0.102. The third-order valence-corrected chi connectivity index (χ3v) is 6.89. The van der Waals surface area contributed by atoms with E-state index in [0.717, 1.165) is 4.31 Å². The van der Waals surface area contributed by atoms with E-state index in [-0.39, 0.29) is 21.3 Å². The zero-order chi connectivity index (χ0) is 23.9. The van der Waals surface area contributed by atoms with Crippen molar-refractivity contribution < 1.29 is 22.4 Å².